The number of nitrogens with zero attached hydrogens (tertiary/aromatic N) is 5. The Morgan fingerprint density at radius 3 is 2.86 bits per heavy atom. The van der Waals surface area contributed by atoms with Gasteiger partial charge in [0, 0.05) is 11.6 Å². The number of benzene rings is 1. The highest BCUT2D eigenvalue weighted by atomic mass is 16.5. The van der Waals surface area contributed by atoms with Crippen molar-refractivity contribution in [2.45, 2.75) is 20.0 Å². The van der Waals surface area contributed by atoms with E-state index in [1.807, 2.05) is 19.1 Å². The lowest BCUT2D eigenvalue weighted by molar-refractivity contribution is 0.141. The Kier molecular flexibility index (Phi) is 3.60. The number of aromatic amines is 1. The fraction of sp³-hybridized carbons (Fsp3) is 0.231. The van der Waals surface area contributed by atoms with Crippen molar-refractivity contribution < 1.29 is 9.94 Å². The Bertz CT molecular complexity index is 834. The molecule has 0 aliphatic rings. The number of aryl methyl sites for hydroxylation is 1. The van der Waals surface area contributed by atoms with E-state index >= 15 is 0 Å². The van der Waals surface area contributed by atoms with Crippen LogP contribution in [0.2, 0.25) is 0 Å². The van der Waals surface area contributed by atoms with Gasteiger partial charge < -0.3 is 9.94 Å². The average Bonchev–Trinajstić information content (AvgIpc) is 3.13. The van der Waals surface area contributed by atoms with E-state index in [0.29, 0.717) is 10.5 Å². The van der Waals surface area contributed by atoms with E-state index in [1.165, 1.54) is 16.9 Å². The van der Waals surface area contributed by atoms with Crippen molar-refractivity contribution in [1.82, 2.24) is 30.2 Å². The Morgan fingerprint density at radius 1 is 1.36 bits per heavy atom. The smallest absolute Gasteiger partial charge is 0.365 e. The van der Waals surface area contributed by atoms with Gasteiger partial charge in [-0.25, -0.2) is 9.89 Å². The minimum atomic E-state index is -0.422. The molecule has 0 fully saturated rings. The van der Waals surface area contributed by atoms with Gasteiger partial charge in [-0.1, -0.05) is 24.2 Å². The Labute approximate surface area is 124 Å². The van der Waals surface area contributed by atoms with Crippen molar-refractivity contribution in [2.75, 3.05) is 0 Å². The monoisotopic (exact) mass is 302 g/mol. The molecule has 0 saturated heterocycles. The molecule has 0 radical (unpaired) electrons. The molecule has 0 unspecified atom stereocenters. The summed E-state index contributed by atoms with van der Waals surface area (Å²) in [6, 6.07) is 7.11. The zero-order chi connectivity index (χ0) is 15.5. The van der Waals surface area contributed by atoms with Crippen molar-refractivity contribution in [3.8, 4) is 11.6 Å². The van der Waals surface area contributed by atoms with Crippen LogP contribution in [0.3, 0.4) is 0 Å². The maximum absolute atomic E-state index is 11.7. The van der Waals surface area contributed by atoms with Crippen LogP contribution in [-0.4, -0.2) is 35.4 Å². The summed E-state index contributed by atoms with van der Waals surface area (Å²) >= 11 is 0. The first-order chi connectivity index (χ1) is 10.7. The largest absolute Gasteiger partial charge is 0.472 e. The number of tetrazole rings is 1. The van der Waals surface area contributed by atoms with Crippen LogP contribution in [0, 0.1) is 0 Å². The zero-order valence-corrected chi connectivity index (χ0v) is 11.8. The number of H-pyrrole nitrogens is 1. The van der Waals surface area contributed by atoms with Crippen molar-refractivity contribution in [1.29, 1.82) is 0 Å². The molecule has 0 atom stereocenters. The van der Waals surface area contributed by atoms with Crippen LogP contribution in [0.1, 0.15) is 18.1 Å². The van der Waals surface area contributed by atoms with Gasteiger partial charge in [-0.05, 0) is 28.5 Å². The van der Waals surface area contributed by atoms with Crippen molar-refractivity contribution >= 4 is 0 Å². The average molecular weight is 302 g/mol. The molecular weight excluding hydrogens is 288 g/mol. The first kappa shape index (κ1) is 13.9. The third kappa shape index (κ3) is 2.55. The van der Waals surface area contributed by atoms with Crippen LogP contribution in [0.5, 0.6) is 5.88 Å². The van der Waals surface area contributed by atoms with Gasteiger partial charge in [-0.15, -0.1) is 4.85 Å². The van der Waals surface area contributed by atoms with Gasteiger partial charge in [0.05, 0.1) is 11.9 Å². The zero-order valence-electron chi connectivity index (χ0n) is 11.8. The Hall–Kier alpha value is -3.10. The molecular formula is C13H14N6O3. The molecule has 0 saturated carbocycles. The minimum absolute atomic E-state index is 0.190. The summed E-state index contributed by atoms with van der Waals surface area (Å²) in [5.41, 5.74) is 2.01. The van der Waals surface area contributed by atoms with E-state index in [9.17, 15) is 4.79 Å². The van der Waals surface area contributed by atoms with E-state index in [0.717, 1.165) is 17.5 Å². The molecule has 2 N–H and O–H groups in total. The van der Waals surface area contributed by atoms with Gasteiger partial charge in [0.15, 0.2) is 0 Å². The summed E-state index contributed by atoms with van der Waals surface area (Å²) in [6.45, 7) is 2.20. The number of nitrogens with one attached hydrogen (secondary N) is 1. The summed E-state index contributed by atoms with van der Waals surface area (Å²) in [5, 5.41) is 22.4. The summed E-state index contributed by atoms with van der Waals surface area (Å²) < 4.78 is 6.75. The predicted octanol–water partition coefficient (Wildman–Crippen LogP) is 0.531. The first-order valence-corrected chi connectivity index (χ1v) is 6.68. The molecule has 0 bridgehead atoms. The lowest BCUT2D eigenvalue weighted by atomic mass is 10.0. The molecule has 0 spiro atoms. The van der Waals surface area contributed by atoms with E-state index in [2.05, 4.69) is 20.6 Å². The lowest BCUT2D eigenvalue weighted by Crippen LogP contribution is -2.19. The van der Waals surface area contributed by atoms with Gasteiger partial charge in [0.1, 0.15) is 6.61 Å². The summed E-state index contributed by atoms with van der Waals surface area (Å²) in [4.78, 5) is 12.4. The van der Waals surface area contributed by atoms with Gasteiger partial charge in [0.25, 0.3) is 0 Å². The van der Waals surface area contributed by atoms with Crippen LogP contribution in [0.4, 0.5) is 0 Å². The molecule has 1 aromatic carbocycles. The highest BCUT2D eigenvalue weighted by molar-refractivity contribution is 5.45. The standard InChI is InChI=1S/C13H14N6O3/c1-2-9-4-3-5-11(19-13(20)14-16-17-19)10(9)8-22-12-6-7-18(21)15-12/h3-7,21H,2,8H2,1H3,(H,14,17,20). The third-order valence-electron chi connectivity index (χ3n) is 3.25. The van der Waals surface area contributed by atoms with Crippen molar-refractivity contribution in [3.63, 3.8) is 0 Å². The molecule has 3 aromatic rings. The second-order valence-electron chi connectivity index (χ2n) is 4.55. The fourth-order valence-electron chi connectivity index (χ4n) is 2.19. The number of hydrogen-bond acceptors (Lipinski definition) is 6. The predicted molar refractivity (Wildman–Crippen MR) is 75.1 cm³/mol. The van der Waals surface area contributed by atoms with Crippen molar-refractivity contribution in [3.05, 3.63) is 52.1 Å². The van der Waals surface area contributed by atoms with Crippen LogP contribution in [0.25, 0.3) is 5.69 Å². The lowest BCUT2D eigenvalue weighted by Gasteiger charge is -2.13. The molecule has 9 nitrogen and oxygen atoms in total. The van der Waals surface area contributed by atoms with Crippen LogP contribution < -0.4 is 10.4 Å². The fourth-order valence-corrected chi connectivity index (χ4v) is 2.19. The molecule has 22 heavy (non-hydrogen) atoms. The molecule has 114 valence electrons. The van der Waals surface area contributed by atoms with E-state index < -0.39 is 5.69 Å². The molecule has 2 heterocycles. The maximum atomic E-state index is 11.7. The van der Waals surface area contributed by atoms with Gasteiger partial charge in [-0.3, -0.25) is 0 Å². The maximum Gasteiger partial charge on any atom is 0.365 e. The topological polar surface area (TPSA) is 111 Å². The van der Waals surface area contributed by atoms with Crippen LogP contribution in [0.15, 0.2) is 35.3 Å². The highest BCUT2D eigenvalue weighted by Gasteiger charge is 2.13. The van der Waals surface area contributed by atoms with Crippen molar-refractivity contribution in [2.24, 2.45) is 0 Å². The highest BCUT2D eigenvalue weighted by Crippen LogP contribution is 2.20. The number of rotatable bonds is 5. The second kappa shape index (κ2) is 5.72. The van der Waals surface area contributed by atoms with Crippen LogP contribution in [-0.2, 0) is 13.0 Å². The SMILES string of the molecule is CCc1cccc(-n2nn[nH]c2=O)c1COc1ccn(O)n1. The molecule has 2 aromatic heterocycles. The first-order valence-electron chi connectivity index (χ1n) is 6.68. The quantitative estimate of drug-likeness (QED) is 0.665. The normalized spacial score (nSPS) is 10.8. The molecule has 9 heteroatoms. The third-order valence-corrected chi connectivity index (χ3v) is 3.25. The van der Waals surface area contributed by atoms with E-state index in [1.54, 1.807) is 6.07 Å². The van der Waals surface area contributed by atoms with Crippen LogP contribution >= 0.6 is 0 Å². The number of ether oxygens (including phenoxy) is 1. The van der Waals surface area contributed by atoms with E-state index in [4.69, 9.17) is 9.94 Å². The molecule has 0 aliphatic carbocycles. The number of aromatic nitrogens is 6. The summed E-state index contributed by atoms with van der Waals surface area (Å²) in [5.74, 6) is 0.284. The molecule has 3 rings (SSSR count). The minimum Gasteiger partial charge on any atom is -0.472 e. The Morgan fingerprint density at radius 2 is 2.23 bits per heavy atom. The molecule has 0 aliphatic heterocycles. The van der Waals surface area contributed by atoms with Gasteiger partial charge >= 0.3 is 5.69 Å². The second-order valence-corrected chi connectivity index (χ2v) is 4.55. The van der Waals surface area contributed by atoms with Gasteiger partial charge in [-0.2, -0.15) is 4.68 Å². The summed E-state index contributed by atoms with van der Waals surface area (Å²) in [6.07, 6.45) is 2.14. The Balaban J connectivity index is 1.97. The van der Waals surface area contributed by atoms with Gasteiger partial charge in [0.2, 0.25) is 5.88 Å². The number of hydrogen-bond donors (Lipinski definition) is 2. The van der Waals surface area contributed by atoms with E-state index in [-0.39, 0.29) is 12.5 Å². The molecule has 0 amide bonds. The summed E-state index contributed by atoms with van der Waals surface area (Å²) in [7, 11) is 0.